The summed E-state index contributed by atoms with van der Waals surface area (Å²) in [5, 5.41) is 0. The Balaban J connectivity index is 0.976. The molecule has 7 atom stereocenters. The van der Waals surface area contributed by atoms with Crippen LogP contribution in [0, 0.1) is 17.8 Å². The van der Waals surface area contributed by atoms with Gasteiger partial charge in [0.2, 0.25) is 11.8 Å². The van der Waals surface area contributed by atoms with Gasteiger partial charge >= 0.3 is 0 Å². The van der Waals surface area contributed by atoms with Crippen molar-refractivity contribution in [1.29, 1.82) is 0 Å². The number of amides is 2. The zero-order chi connectivity index (χ0) is 21.4. The Morgan fingerprint density at radius 1 is 0.774 bits per heavy atom. The van der Waals surface area contributed by atoms with Crippen LogP contribution in [0.3, 0.4) is 0 Å². The Bertz CT molecular complexity index is 728. The normalized spacial score (nSPS) is 40.8. The summed E-state index contributed by atoms with van der Waals surface area (Å²) < 4.78 is 0. The summed E-state index contributed by atoms with van der Waals surface area (Å²) in [6, 6.07) is 2.97. The third-order valence-corrected chi connectivity index (χ3v) is 9.64. The number of hydrogen-bond donors (Lipinski definition) is 0. The first-order valence-electron chi connectivity index (χ1n) is 13.0. The van der Waals surface area contributed by atoms with E-state index in [-0.39, 0.29) is 5.92 Å². The van der Waals surface area contributed by atoms with Crippen molar-refractivity contribution in [3.63, 3.8) is 0 Å². The van der Waals surface area contributed by atoms with Gasteiger partial charge in [-0.2, -0.15) is 0 Å². The number of fused-ring (bicyclic) bond motifs is 4. The quantitative estimate of drug-likeness (QED) is 0.651. The summed E-state index contributed by atoms with van der Waals surface area (Å²) in [4.78, 5) is 35.5. The van der Waals surface area contributed by atoms with Gasteiger partial charge in [-0.3, -0.25) is 19.4 Å². The lowest BCUT2D eigenvalue weighted by molar-refractivity contribution is -0.163. The van der Waals surface area contributed by atoms with Gasteiger partial charge in [-0.1, -0.05) is 6.42 Å². The van der Waals surface area contributed by atoms with Gasteiger partial charge in [0, 0.05) is 74.3 Å². The maximum absolute atomic E-state index is 13.2. The lowest BCUT2D eigenvalue weighted by Crippen LogP contribution is -2.72. The molecule has 172 valence electrons. The molecule has 6 heteroatoms. The second kappa shape index (κ2) is 7.44. The summed E-state index contributed by atoms with van der Waals surface area (Å²) in [6.07, 6.45) is 8.12. The SMILES string of the molecule is CC(C)N1CC2CC(C1)N2C(=O)C1CC1CC(C)N1CC2CC(C1)N2C(=O)C1CCC1. The lowest BCUT2D eigenvalue weighted by atomic mass is 9.79. The number of carbonyl (C=O) groups excluding carboxylic acids is 2. The first-order chi connectivity index (χ1) is 14.9. The van der Waals surface area contributed by atoms with E-state index in [1.807, 2.05) is 0 Å². The minimum absolute atomic E-state index is 0.286. The maximum atomic E-state index is 13.2. The fourth-order valence-electron chi connectivity index (χ4n) is 7.24. The fraction of sp³-hybridized carbons (Fsp3) is 0.920. The second-order valence-corrected chi connectivity index (χ2v) is 11.9. The Labute approximate surface area is 187 Å². The van der Waals surface area contributed by atoms with Crippen LogP contribution in [-0.4, -0.2) is 93.8 Å². The summed E-state index contributed by atoms with van der Waals surface area (Å²) in [5.41, 5.74) is 0. The number of hydrogen-bond acceptors (Lipinski definition) is 4. The van der Waals surface area contributed by atoms with Gasteiger partial charge in [0.15, 0.2) is 0 Å². The molecule has 2 saturated carbocycles. The second-order valence-electron chi connectivity index (χ2n) is 11.9. The van der Waals surface area contributed by atoms with Crippen molar-refractivity contribution in [2.45, 2.75) is 102 Å². The number of piperidine rings is 2. The van der Waals surface area contributed by atoms with Crippen molar-refractivity contribution in [2.24, 2.45) is 17.8 Å². The number of rotatable bonds is 6. The van der Waals surface area contributed by atoms with Crippen LogP contribution in [0.25, 0.3) is 0 Å². The summed E-state index contributed by atoms with van der Waals surface area (Å²) in [6.45, 7) is 11.1. The summed E-state index contributed by atoms with van der Waals surface area (Å²) in [5.74, 6) is 2.11. The van der Waals surface area contributed by atoms with Gasteiger partial charge in [0.05, 0.1) is 0 Å². The predicted octanol–water partition coefficient (Wildman–Crippen LogP) is 2.18. The fourth-order valence-corrected chi connectivity index (χ4v) is 7.24. The van der Waals surface area contributed by atoms with Crippen molar-refractivity contribution in [2.75, 3.05) is 26.2 Å². The van der Waals surface area contributed by atoms with Gasteiger partial charge in [-0.25, -0.2) is 0 Å². The van der Waals surface area contributed by atoms with Crippen molar-refractivity contribution in [1.82, 2.24) is 19.6 Å². The van der Waals surface area contributed by atoms with Crippen LogP contribution in [0.5, 0.6) is 0 Å². The van der Waals surface area contributed by atoms with E-state index < -0.39 is 0 Å². The van der Waals surface area contributed by atoms with Crippen LogP contribution < -0.4 is 0 Å². The molecule has 6 nitrogen and oxygen atoms in total. The molecule has 8 fully saturated rings. The van der Waals surface area contributed by atoms with Gasteiger partial charge in [0.25, 0.3) is 0 Å². The molecule has 4 bridgehead atoms. The molecule has 2 aliphatic carbocycles. The van der Waals surface area contributed by atoms with Crippen molar-refractivity contribution in [3.05, 3.63) is 0 Å². The molecule has 0 aromatic heterocycles. The molecular weight excluding hydrogens is 388 g/mol. The van der Waals surface area contributed by atoms with E-state index in [4.69, 9.17) is 0 Å². The van der Waals surface area contributed by atoms with E-state index in [0.29, 0.717) is 59.9 Å². The molecule has 6 aliphatic heterocycles. The Kier molecular flexibility index (Phi) is 4.91. The van der Waals surface area contributed by atoms with Crippen LogP contribution >= 0.6 is 0 Å². The lowest BCUT2D eigenvalue weighted by Gasteiger charge is -2.58. The molecule has 0 aromatic rings. The third kappa shape index (κ3) is 3.35. The number of piperazine rings is 2. The highest BCUT2D eigenvalue weighted by molar-refractivity contribution is 5.83. The molecule has 6 heterocycles. The molecule has 0 radical (unpaired) electrons. The van der Waals surface area contributed by atoms with E-state index >= 15 is 0 Å². The highest BCUT2D eigenvalue weighted by atomic mass is 16.2. The first kappa shape index (κ1) is 20.5. The largest absolute Gasteiger partial charge is 0.334 e. The average Bonchev–Trinajstić information content (AvgIpc) is 3.45. The molecule has 7 unspecified atom stereocenters. The van der Waals surface area contributed by atoms with Crippen LogP contribution in [0.2, 0.25) is 0 Å². The van der Waals surface area contributed by atoms with E-state index in [1.165, 1.54) is 19.3 Å². The zero-order valence-corrected chi connectivity index (χ0v) is 19.6. The van der Waals surface area contributed by atoms with Crippen molar-refractivity contribution >= 4 is 11.8 Å². The molecule has 2 amide bonds. The van der Waals surface area contributed by atoms with Crippen LogP contribution in [-0.2, 0) is 9.59 Å². The third-order valence-electron chi connectivity index (χ3n) is 9.64. The van der Waals surface area contributed by atoms with E-state index in [0.717, 1.165) is 51.9 Å². The van der Waals surface area contributed by atoms with Crippen molar-refractivity contribution < 1.29 is 9.59 Å². The van der Waals surface area contributed by atoms with Gasteiger partial charge in [-0.15, -0.1) is 0 Å². The number of nitrogens with zero attached hydrogens (tertiary/aromatic N) is 4. The van der Waals surface area contributed by atoms with E-state index in [9.17, 15) is 9.59 Å². The first-order valence-corrected chi connectivity index (χ1v) is 13.0. The maximum Gasteiger partial charge on any atom is 0.226 e. The molecule has 8 rings (SSSR count). The zero-order valence-electron chi connectivity index (χ0n) is 19.6. The molecule has 0 aromatic carbocycles. The summed E-state index contributed by atoms with van der Waals surface area (Å²) in [7, 11) is 0. The Morgan fingerprint density at radius 2 is 1.32 bits per heavy atom. The number of carbonyl (C=O) groups is 2. The van der Waals surface area contributed by atoms with E-state index in [1.54, 1.807) is 0 Å². The van der Waals surface area contributed by atoms with E-state index in [2.05, 4.69) is 40.4 Å². The topological polar surface area (TPSA) is 47.1 Å². The standard InChI is InChI=1S/C25H40N4O2/c1-15(2)26-11-19-9-20(12-26)29(19)25(31)23-8-18(23)7-16(3)27-13-21-10-22(14-27)28(21)24(30)17-5-4-6-17/h15-23H,4-14H2,1-3H3. The summed E-state index contributed by atoms with van der Waals surface area (Å²) >= 11 is 0. The highest BCUT2D eigenvalue weighted by Crippen LogP contribution is 2.47. The van der Waals surface area contributed by atoms with Crippen LogP contribution in [0.1, 0.15) is 65.7 Å². The monoisotopic (exact) mass is 428 g/mol. The molecule has 0 N–H and O–H groups in total. The molecular formula is C25H40N4O2. The minimum Gasteiger partial charge on any atom is -0.334 e. The van der Waals surface area contributed by atoms with Crippen LogP contribution in [0.4, 0.5) is 0 Å². The Morgan fingerprint density at radius 3 is 1.84 bits per heavy atom. The molecule has 6 saturated heterocycles. The van der Waals surface area contributed by atoms with Crippen LogP contribution in [0.15, 0.2) is 0 Å². The van der Waals surface area contributed by atoms with Gasteiger partial charge in [-0.05, 0) is 65.2 Å². The average molecular weight is 429 g/mol. The molecule has 8 aliphatic rings. The minimum atomic E-state index is 0.286. The predicted molar refractivity (Wildman–Crippen MR) is 119 cm³/mol. The van der Waals surface area contributed by atoms with Crippen molar-refractivity contribution in [3.8, 4) is 0 Å². The molecule has 31 heavy (non-hydrogen) atoms. The van der Waals surface area contributed by atoms with Gasteiger partial charge in [0.1, 0.15) is 0 Å². The Hall–Kier alpha value is -1.14. The van der Waals surface area contributed by atoms with Gasteiger partial charge < -0.3 is 9.80 Å². The highest BCUT2D eigenvalue weighted by Gasteiger charge is 2.55. The smallest absolute Gasteiger partial charge is 0.226 e. The molecule has 0 spiro atoms.